The number of pyridine rings is 1. The van der Waals surface area contributed by atoms with E-state index in [9.17, 15) is 14.4 Å². The summed E-state index contributed by atoms with van der Waals surface area (Å²) in [7, 11) is 0.196. The van der Waals surface area contributed by atoms with Gasteiger partial charge in [0, 0.05) is 32.5 Å². The molecule has 0 radical (unpaired) electrons. The molecule has 2 heterocycles. The summed E-state index contributed by atoms with van der Waals surface area (Å²) in [4.78, 5) is 37.2. The van der Waals surface area contributed by atoms with Crippen molar-refractivity contribution in [3.8, 4) is 0 Å². The van der Waals surface area contributed by atoms with Gasteiger partial charge in [0.2, 0.25) is 5.16 Å². The minimum absolute atomic E-state index is 0.0864. The fourth-order valence-corrected chi connectivity index (χ4v) is 4.33. The molecule has 0 amide bonds. The van der Waals surface area contributed by atoms with Crippen LogP contribution >= 0.6 is 7.69 Å². The van der Waals surface area contributed by atoms with Gasteiger partial charge in [-0.2, -0.15) is 0 Å². The van der Waals surface area contributed by atoms with Crippen LogP contribution in [-0.4, -0.2) is 21.9 Å². The van der Waals surface area contributed by atoms with E-state index in [1.165, 1.54) is 17.7 Å². The molecule has 0 aliphatic carbocycles. The highest BCUT2D eigenvalue weighted by atomic mass is 31.1. The summed E-state index contributed by atoms with van der Waals surface area (Å²) in [6, 6.07) is 11.0. The SMILES string of the molecule is CCOC(=O)c1cc2cnp(Cc3ccccc3)c(=O)c2n(C)c1=O. The third kappa shape index (κ3) is 3.26. The van der Waals surface area contributed by atoms with Crippen LogP contribution in [0.1, 0.15) is 22.8 Å². The highest BCUT2D eigenvalue weighted by molar-refractivity contribution is 7.44. The zero-order valence-electron chi connectivity index (χ0n) is 13.9. The smallest absolute Gasteiger partial charge is 0.343 e. The van der Waals surface area contributed by atoms with Crippen molar-refractivity contribution in [3.63, 3.8) is 0 Å². The fourth-order valence-electron chi connectivity index (χ4n) is 2.66. The highest BCUT2D eigenvalue weighted by Crippen LogP contribution is 2.24. The van der Waals surface area contributed by atoms with E-state index in [0.717, 1.165) is 5.56 Å². The number of benzene rings is 1. The van der Waals surface area contributed by atoms with Crippen molar-refractivity contribution in [1.82, 2.24) is 9.31 Å². The Hall–Kier alpha value is -2.72. The lowest BCUT2D eigenvalue weighted by atomic mass is 10.2. The first-order chi connectivity index (χ1) is 12.0. The second kappa shape index (κ2) is 7.03. The average Bonchev–Trinajstić information content (AvgIpc) is 2.61. The van der Waals surface area contributed by atoms with Crippen molar-refractivity contribution < 1.29 is 9.53 Å². The first-order valence-electron chi connectivity index (χ1n) is 7.84. The predicted molar refractivity (Wildman–Crippen MR) is 97.5 cm³/mol. The third-order valence-electron chi connectivity index (χ3n) is 3.89. The van der Waals surface area contributed by atoms with Crippen molar-refractivity contribution in [2.45, 2.75) is 13.1 Å². The number of aryl methyl sites for hydroxylation is 1. The van der Waals surface area contributed by atoms with Gasteiger partial charge in [-0.15, -0.1) is 0 Å². The number of hydrogen-bond acceptors (Lipinski definition) is 5. The second-order valence-electron chi connectivity index (χ2n) is 5.54. The summed E-state index contributed by atoms with van der Waals surface area (Å²) in [5.41, 5.74) is 0.706. The van der Waals surface area contributed by atoms with Crippen LogP contribution in [0.2, 0.25) is 0 Å². The maximum absolute atomic E-state index is 12.8. The van der Waals surface area contributed by atoms with Crippen LogP contribution < -0.4 is 10.7 Å². The molecule has 3 aromatic rings. The number of aromatic nitrogens is 2. The molecule has 128 valence electrons. The van der Waals surface area contributed by atoms with Gasteiger partial charge < -0.3 is 9.30 Å². The lowest BCUT2D eigenvalue weighted by Gasteiger charge is -2.09. The Bertz CT molecular complexity index is 1050. The zero-order chi connectivity index (χ0) is 18.0. The van der Waals surface area contributed by atoms with Gasteiger partial charge in [-0.25, -0.2) is 9.54 Å². The van der Waals surface area contributed by atoms with E-state index in [1.54, 1.807) is 13.1 Å². The molecule has 0 N–H and O–H groups in total. The maximum Gasteiger partial charge on any atom is 0.343 e. The number of esters is 1. The van der Waals surface area contributed by atoms with Gasteiger partial charge in [0.15, 0.2) is 0 Å². The van der Waals surface area contributed by atoms with Gasteiger partial charge in [0.1, 0.15) is 11.1 Å². The highest BCUT2D eigenvalue weighted by Gasteiger charge is 2.18. The quantitative estimate of drug-likeness (QED) is 0.671. The Balaban J connectivity index is 2.15. The number of ether oxygens (including phenoxy) is 1. The van der Waals surface area contributed by atoms with Crippen LogP contribution in [0.5, 0.6) is 0 Å². The Kier molecular flexibility index (Phi) is 4.81. The molecule has 0 fully saturated rings. The number of carbonyl (C=O) groups is 1. The van der Waals surface area contributed by atoms with Crippen LogP contribution in [0.25, 0.3) is 10.9 Å². The summed E-state index contributed by atoms with van der Waals surface area (Å²) in [6.07, 6.45) is 2.10. The molecule has 0 aliphatic rings. The lowest BCUT2D eigenvalue weighted by molar-refractivity contribution is 0.0524. The summed E-state index contributed by atoms with van der Waals surface area (Å²) >= 11 is 0. The number of hydrogen-bond donors (Lipinski definition) is 0. The van der Waals surface area contributed by atoms with E-state index in [-0.39, 0.29) is 17.3 Å². The molecule has 0 spiro atoms. The summed E-state index contributed by atoms with van der Waals surface area (Å²) in [5.74, 6) is -0.691. The third-order valence-corrected chi connectivity index (χ3v) is 5.63. The van der Waals surface area contributed by atoms with E-state index >= 15 is 0 Å². The van der Waals surface area contributed by atoms with Gasteiger partial charge in [-0.3, -0.25) is 9.59 Å². The van der Waals surface area contributed by atoms with Gasteiger partial charge >= 0.3 is 5.97 Å². The first-order valence-corrected chi connectivity index (χ1v) is 9.31. The summed E-state index contributed by atoms with van der Waals surface area (Å²) in [5, 5.41) is 0.313. The molecule has 0 saturated carbocycles. The van der Waals surface area contributed by atoms with E-state index < -0.39 is 19.2 Å². The minimum Gasteiger partial charge on any atom is -0.462 e. The number of rotatable bonds is 4. The van der Waals surface area contributed by atoms with Crippen LogP contribution in [0.4, 0.5) is 0 Å². The van der Waals surface area contributed by atoms with Gasteiger partial charge in [-0.05, 0) is 18.6 Å². The Labute approximate surface area is 144 Å². The van der Waals surface area contributed by atoms with Crippen LogP contribution in [-0.2, 0) is 17.9 Å². The maximum atomic E-state index is 12.8. The molecule has 2 aromatic heterocycles. The first kappa shape index (κ1) is 17.1. The average molecular weight is 356 g/mol. The van der Waals surface area contributed by atoms with E-state index in [4.69, 9.17) is 4.74 Å². The van der Waals surface area contributed by atoms with Crippen molar-refractivity contribution in [1.29, 1.82) is 0 Å². The Morgan fingerprint density at radius 2 is 1.96 bits per heavy atom. The van der Waals surface area contributed by atoms with Crippen molar-refractivity contribution >= 4 is 24.6 Å². The van der Waals surface area contributed by atoms with Crippen LogP contribution in [0.3, 0.4) is 0 Å². The van der Waals surface area contributed by atoms with Gasteiger partial charge in [0.05, 0.1) is 6.61 Å². The molecule has 0 bridgehead atoms. The number of nitrogens with zero attached hydrogens (tertiary/aromatic N) is 2. The van der Waals surface area contributed by atoms with Crippen molar-refractivity contribution in [2.24, 2.45) is 7.05 Å². The molecule has 25 heavy (non-hydrogen) atoms. The Morgan fingerprint density at radius 1 is 1.24 bits per heavy atom. The standard InChI is InChI=1S/C18H17N2O4P/c1-3-24-17(22)14-9-13-10-19-25(11-12-7-5-4-6-8-12)18(23)15(13)20(2)16(14)21/h4-10H,3,11H2,1-2H3. The Morgan fingerprint density at radius 3 is 2.64 bits per heavy atom. The van der Waals surface area contributed by atoms with Crippen molar-refractivity contribution in [2.75, 3.05) is 6.61 Å². The summed E-state index contributed by atoms with van der Waals surface area (Å²) < 4.78 is 10.5. The molecule has 6 nitrogen and oxygen atoms in total. The predicted octanol–water partition coefficient (Wildman–Crippen LogP) is 2.51. The minimum atomic E-state index is -1.30. The van der Waals surface area contributed by atoms with E-state index in [1.807, 2.05) is 30.3 Å². The fraction of sp³-hybridized carbons (Fsp3) is 0.222. The molecule has 1 atom stereocenters. The van der Waals surface area contributed by atoms with Crippen LogP contribution in [0, 0.1) is 0 Å². The monoisotopic (exact) mass is 356 g/mol. The molecular weight excluding hydrogens is 339 g/mol. The zero-order valence-corrected chi connectivity index (χ0v) is 14.8. The second-order valence-corrected chi connectivity index (χ2v) is 7.29. The molecule has 0 saturated heterocycles. The molecule has 1 aromatic carbocycles. The van der Waals surface area contributed by atoms with Crippen molar-refractivity contribution in [3.05, 3.63) is 74.0 Å². The molecule has 0 aliphatic heterocycles. The topological polar surface area (TPSA) is 78.3 Å². The normalized spacial score (nSPS) is 11.5. The van der Waals surface area contributed by atoms with Gasteiger partial charge in [0.25, 0.3) is 5.56 Å². The lowest BCUT2D eigenvalue weighted by Crippen LogP contribution is -2.28. The number of carbonyl (C=O) groups excluding carboxylic acids is 1. The van der Waals surface area contributed by atoms with E-state index in [0.29, 0.717) is 17.1 Å². The summed E-state index contributed by atoms with van der Waals surface area (Å²) in [6.45, 7) is 1.84. The molecule has 3 rings (SSSR count). The molecule has 7 heteroatoms. The molecular formula is C18H17N2O4P. The van der Waals surface area contributed by atoms with E-state index in [2.05, 4.69) is 4.75 Å². The van der Waals surface area contributed by atoms with Gasteiger partial charge in [-0.1, -0.05) is 30.3 Å². The number of fused-ring (bicyclic) bond motifs is 1. The molecule has 1 unspecified atom stereocenters. The largest absolute Gasteiger partial charge is 0.462 e. The van der Waals surface area contributed by atoms with Crippen LogP contribution in [0.15, 0.2) is 52.2 Å².